The molecule has 10 heteroatoms. The van der Waals surface area contributed by atoms with Crippen LogP contribution in [0, 0.1) is 0 Å². The van der Waals surface area contributed by atoms with E-state index in [1.165, 1.54) is 11.6 Å². The normalized spacial score (nSPS) is 12.3. The predicted octanol–water partition coefficient (Wildman–Crippen LogP) is 7.74. The number of rotatable bonds is 8. The Bertz CT molecular complexity index is 1910. The van der Waals surface area contributed by atoms with Crippen LogP contribution in [0.4, 0.5) is 18.9 Å². The monoisotopic (exact) mass is 619 g/mol. The van der Waals surface area contributed by atoms with Crippen molar-refractivity contribution in [2.75, 3.05) is 4.72 Å². The van der Waals surface area contributed by atoms with Crippen molar-refractivity contribution >= 4 is 32.5 Å². The number of hydrogen-bond donors (Lipinski definition) is 2. The number of alkyl halides is 3. The smallest absolute Gasteiger partial charge is 0.347 e. The molecule has 0 bridgehead atoms. The van der Waals surface area contributed by atoms with Crippen molar-refractivity contribution in [2.45, 2.75) is 50.3 Å². The zero-order valence-electron chi connectivity index (χ0n) is 24.4. The van der Waals surface area contributed by atoms with Crippen molar-refractivity contribution in [1.82, 2.24) is 9.88 Å². The van der Waals surface area contributed by atoms with Crippen LogP contribution < -0.4 is 10.0 Å². The maximum absolute atomic E-state index is 13.5. The summed E-state index contributed by atoms with van der Waals surface area (Å²) in [6.07, 6.45) is -4.68. The highest BCUT2D eigenvalue weighted by molar-refractivity contribution is 7.92. The van der Waals surface area contributed by atoms with Gasteiger partial charge in [-0.15, -0.1) is 0 Å². The van der Waals surface area contributed by atoms with Gasteiger partial charge in [0.2, 0.25) is 0 Å². The first-order valence-electron chi connectivity index (χ1n) is 14.0. The quantitative estimate of drug-likeness (QED) is 0.187. The summed E-state index contributed by atoms with van der Waals surface area (Å²) in [5.41, 5.74) is 3.24. The second-order valence-corrected chi connectivity index (χ2v) is 13.3. The van der Waals surface area contributed by atoms with E-state index >= 15 is 0 Å². The Balaban J connectivity index is 1.48. The maximum Gasteiger partial charge on any atom is 0.416 e. The van der Waals surface area contributed by atoms with Crippen molar-refractivity contribution in [3.63, 3.8) is 0 Å². The first-order chi connectivity index (χ1) is 20.7. The van der Waals surface area contributed by atoms with Crippen LogP contribution in [-0.2, 0) is 34.7 Å². The van der Waals surface area contributed by atoms with Crippen molar-refractivity contribution in [3.05, 3.63) is 131 Å². The van der Waals surface area contributed by atoms with Gasteiger partial charge in [0, 0.05) is 29.7 Å². The van der Waals surface area contributed by atoms with Gasteiger partial charge in [-0.2, -0.15) is 13.2 Å². The Morgan fingerprint density at radius 2 is 1.48 bits per heavy atom. The molecule has 0 radical (unpaired) electrons. The molecule has 5 aromatic rings. The minimum atomic E-state index is -4.68. The molecule has 0 aliphatic heterocycles. The molecule has 5 rings (SSSR count). The van der Waals surface area contributed by atoms with Crippen molar-refractivity contribution in [1.29, 1.82) is 0 Å². The predicted molar refractivity (Wildman–Crippen MR) is 166 cm³/mol. The van der Waals surface area contributed by atoms with E-state index in [2.05, 4.69) is 42.9 Å². The van der Waals surface area contributed by atoms with E-state index in [4.69, 9.17) is 0 Å². The van der Waals surface area contributed by atoms with Gasteiger partial charge in [-0.25, -0.2) is 8.42 Å². The van der Waals surface area contributed by atoms with Crippen molar-refractivity contribution in [2.24, 2.45) is 0 Å². The van der Waals surface area contributed by atoms with Gasteiger partial charge in [0.1, 0.15) is 5.69 Å². The standard InChI is InChI=1S/C34H32F3N3O3S/c1-33(2,3)26-14-12-24(13-15-26)22-40-30-17-16-28(39-44(42,43)29-11-7-10-27(20-29)34(35,36)37)18-25(30)19-31(40)32(41)38-21-23-8-5-4-6-9-23/h4-20,39H,21-22H2,1-3H3,(H,38,41). The van der Waals surface area contributed by atoms with E-state index in [0.717, 1.165) is 29.3 Å². The first-order valence-corrected chi connectivity index (χ1v) is 15.4. The molecule has 1 amide bonds. The van der Waals surface area contributed by atoms with E-state index < -0.39 is 26.7 Å². The molecule has 0 unspecified atom stereocenters. The Morgan fingerprint density at radius 3 is 2.14 bits per heavy atom. The second-order valence-electron chi connectivity index (χ2n) is 11.6. The maximum atomic E-state index is 13.5. The fourth-order valence-electron chi connectivity index (χ4n) is 4.91. The van der Waals surface area contributed by atoms with Crippen LogP contribution in [0.5, 0.6) is 0 Å². The van der Waals surface area contributed by atoms with E-state index in [1.807, 2.05) is 47.0 Å². The molecule has 44 heavy (non-hydrogen) atoms. The van der Waals surface area contributed by atoms with Crippen LogP contribution in [0.3, 0.4) is 0 Å². The molecule has 4 aromatic carbocycles. The number of fused-ring (bicyclic) bond motifs is 1. The number of aromatic nitrogens is 1. The highest BCUT2D eigenvalue weighted by atomic mass is 32.2. The summed E-state index contributed by atoms with van der Waals surface area (Å²) >= 11 is 0. The molecule has 2 N–H and O–H groups in total. The van der Waals surface area contributed by atoms with Gasteiger partial charge in [-0.05, 0) is 64.6 Å². The first kappa shape index (κ1) is 30.9. The largest absolute Gasteiger partial charge is 0.416 e. The molecule has 0 spiro atoms. The molecule has 1 heterocycles. The Labute approximate surface area is 254 Å². The summed E-state index contributed by atoms with van der Waals surface area (Å²) in [6.45, 7) is 7.11. The third-order valence-corrected chi connectivity index (χ3v) is 8.69. The lowest BCUT2D eigenvalue weighted by Gasteiger charge is -2.19. The molecular formula is C34H32F3N3O3S. The lowest BCUT2D eigenvalue weighted by Crippen LogP contribution is -2.25. The number of anilines is 1. The Hall–Kier alpha value is -4.57. The van der Waals surface area contributed by atoms with E-state index in [9.17, 15) is 26.4 Å². The average Bonchev–Trinajstić information content (AvgIpc) is 3.33. The minimum absolute atomic E-state index is 0.0149. The van der Waals surface area contributed by atoms with Crippen LogP contribution in [0.2, 0.25) is 0 Å². The third-order valence-electron chi connectivity index (χ3n) is 7.31. The molecule has 0 aliphatic rings. The van der Waals surface area contributed by atoms with Gasteiger partial charge in [-0.3, -0.25) is 9.52 Å². The third kappa shape index (κ3) is 6.97. The van der Waals surface area contributed by atoms with Crippen LogP contribution in [0.1, 0.15) is 53.5 Å². The minimum Gasteiger partial charge on any atom is -0.347 e. The number of hydrogen-bond acceptors (Lipinski definition) is 3. The van der Waals surface area contributed by atoms with Gasteiger partial charge >= 0.3 is 6.18 Å². The number of nitrogens with zero attached hydrogens (tertiary/aromatic N) is 1. The fourth-order valence-corrected chi connectivity index (χ4v) is 6.00. The summed E-state index contributed by atoms with van der Waals surface area (Å²) < 4.78 is 69.8. The number of benzene rings is 4. The molecule has 0 fully saturated rings. The summed E-state index contributed by atoms with van der Waals surface area (Å²) in [5.74, 6) is -0.303. The second kappa shape index (κ2) is 11.8. The summed E-state index contributed by atoms with van der Waals surface area (Å²) in [4.78, 5) is 13.0. The number of carbonyl (C=O) groups excluding carboxylic acids is 1. The molecule has 0 atom stereocenters. The number of sulfonamides is 1. The van der Waals surface area contributed by atoms with Crippen LogP contribution >= 0.6 is 0 Å². The topological polar surface area (TPSA) is 80.2 Å². The number of amides is 1. The van der Waals surface area contributed by atoms with E-state index in [1.54, 1.807) is 18.2 Å². The van der Waals surface area contributed by atoms with Crippen LogP contribution in [0.15, 0.2) is 108 Å². The average molecular weight is 620 g/mol. The van der Waals surface area contributed by atoms with Crippen molar-refractivity contribution in [3.8, 4) is 0 Å². The van der Waals surface area contributed by atoms with E-state index in [0.29, 0.717) is 35.8 Å². The summed E-state index contributed by atoms with van der Waals surface area (Å²) in [6, 6.07) is 27.7. The van der Waals surface area contributed by atoms with Crippen LogP contribution in [0.25, 0.3) is 10.9 Å². The SMILES string of the molecule is CC(C)(C)c1ccc(Cn2c(C(=O)NCc3ccccc3)cc3cc(NS(=O)(=O)c4cccc(C(F)(F)F)c4)ccc32)cc1. The molecule has 0 saturated carbocycles. The Kier molecular flexibility index (Phi) is 8.31. The zero-order chi connectivity index (χ0) is 31.7. The molecule has 1 aromatic heterocycles. The summed E-state index contributed by atoms with van der Waals surface area (Å²) in [5, 5.41) is 3.55. The van der Waals surface area contributed by atoms with Gasteiger partial charge in [0.25, 0.3) is 15.9 Å². The molecule has 228 valence electrons. The van der Waals surface area contributed by atoms with Gasteiger partial charge in [-0.1, -0.05) is 81.4 Å². The van der Waals surface area contributed by atoms with Gasteiger partial charge in [0.05, 0.1) is 10.5 Å². The number of halogens is 3. The zero-order valence-corrected chi connectivity index (χ0v) is 25.3. The van der Waals surface area contributed by atoms with Gasteiger partial charge in [0.15, 0.2) is 0 Å². The fraction of sp³-hybridized carbons (Fsp3) is 0.206. The highest BCUT2D eigenvalue weighted by Crippen LogP contribution is 2.32. The molecule has 0 saturated heterocycles. The van der Waals surface area contributed by atoms with E-state index in [-0.39, 0.29) is 17.0 Å². The van der Waals surface area contributed by atoms with Crippen molar-refractivity contribution < 1.29 is 26.4 Å². The highest BCUT2D eigenvalue weighted by Gasteiger charge is 2.31. The summed E-state index contributed by atoms with van der Waals surface area (Å²) in [7, 11) is -4.32. The number of nitrogens with one attached hydrogen (secondary N) is 2. The molecule has 6 nitrogen and oxygen atoms in total. The Morgan fingerprint density at radius 1 is 0.773 bits per heavy atom. The van der Waals surface area contributed by atoms with Gasteiger partial charge < -0.3 is 9.88 Å². The lowest BCUT2D eigenvalue weighted by molar-refractivity contribution is -0.137. The number of carbonyl (C=O) groups is 1. The van der Waals surface area contributed by atoms with Crippen LogP contribution in [-0.4, -0.2) is 18.9 Å². The molecule has 0 aliphatic carbocycles. The lowest BCUT2D eigenvalue weighted by atomic mass is 9.87. The molecular weight excluding hydrogens is 587 g/mol.